The molecule has 0 bridgehead atoms. The van der Waals surface area contributed by atoms with Gasteiger partial charge in [0.15, 0.2) is 0 Å². The quantitative estimate of drug-likeness (QED) is 0.0551. The van der Waals surface area contributed by atoms with Crippen molar-refractivity contribution in [1.82, 2.24) is 0 Å². The third kappa shape index (κ3) is 19.9. The molecule has 0 saturated heterocycles. The van der Waals surface area contributed by atoms with Gasteiger partial charge in [-0.1, -0.05) is 22.8 Å². The van der Waals surface area contributed by atoms with Crippen LogP contribution in [0.4, 0.5) is 0 Å². The Bertz CT molecular complexity index is 821. The van der Waals surface area contributed by atoms with Crippen molar-refractivity contribution >= 4 is 10.1 Å². The van der Waals surface area contributed by atoms with Crippen molar-refractivity contribution in [1.29, 1.82) is 0 Å². The van der Waals surface area contributed by atoms with E-state index < -0.39 is 10.1 Å². The lowest BCUT2D eigenvalue weighted by atomic mass is 10.2. The maximum Gasteiger partial charge on any atom is 0.297 e. The molecule has 0 unspecified atom stereocenters. The van der Waals surface area contributed by atoms with Gasteiger partial charge in [-0.05, 0) is 24.6 Å². The van der Waals surface area contributed by atoms with Crippen molar-refractivity contribution in [3.8, 4) is 0 Å². The Morgan fingerprint density at radius 1 is 0.622 bits per heavy atom. The molecule has 0 fully saturated rings. The van der Waals surface area contributed by atoms with Crippen LogP contribution in [0.15, 0.2) is 34.3 Å². The predicted octanol–water partition coefficient (Wildman–Crippen LogP) is 2.13. The van der Waals surface area contributed by atoms with Gasteiger partial charge in [-0.3, -0.25) is 4.18 Å². The molecule has 0 saturated carbocycles. The zero-order chi connectivity index (χ0) is 26.9. The molecule has 13 nitrogen and oxygen atoms in total. The first-order valence-corrected chi connectivity index (χ1v) is 13.5. The SMILES string of the molecule is Cc1ccc(S(=O)(=O)OCCOCCOCCOCCOCCOCCOCCOCCN=[N+]=[N-])cc1. The second-order valence-corrected chi connectivity index (χ2v) is 8.95. The molecule has 212 valence electrons. The molecule has 0 aliphatic rings. The van der Waals surface area contributed by atoms with E-state index in [1.807, 2.05) is 6.92 Å². The third-order valence-electron chi connectivity index (χ3n) is 4.41. The summed E-state index contributed by atoms with van der Waals surface area (Å²) in [6.45, 7) is 7.93. The first-order valence-electron chi connectivity index (χ1n) is 12.1. The van der Waals surface area contributed by atoms with Crippen molar-refractivity contribution in [3.63, 3.8) is 0 Å². The van der Waals surface area contributed by atoms with E-state index >= 15 is 0 Å². The van der Waals surface area contributed by atoms with Crippen LogP contribution in [-0.2, 0) is 47.5 Å². The lowest BCUT2D eigenvalue weighted by Gasteiger charge is -2.09. The molecule has 1 rings (SSSR count). The van der Waals surface area contributed by atoms with Crippen LogP contribution >= 0.6 is 0 Å². The maximum atomic E-state index is 12.0. The molecular formula is C23H39N3O10S. The molecule has 0 aliphatic heterocycles. The fourth-order valence-electron chi connectivity index (χ4n) is 2.55. The summed E-state index contributed by atoms with van der Waals surface area (Å²) in [4.78, 5) is 2.76. The molecule has 0 heterocycles. The lowest BCUT2D eigenvalue weighted by molar-refractivity contribution is -0.0209. The van der Waals surface area contributed by atoms with E-state index in [9.17, 15) is 8.42 Å². The number of azide groups is 1. The highest BCUT2D eigenvalue weighted by Crippen LogP contribution is 2.12. The Morgan fingerprint density at radius 3 is 1.35 bits per heavy atom. The normalized spacial score (nSPS) is 11.5. The molecule has 1 aromatic carbocycles. The smallest absolute Gasteiger partial charge is 0.297 e. The van der Waals surface area contributed by atoms with E-state index in [1.54, 1.807) is 12.1 Å². The molecule has 0 amide bonds. The van der Waals surface area contributed by atoms with Gasteiger partial charge in [0.1, 0.15) is 0 Å². The van der Waals surface area contributed by atoms with Gasteiger partial charge in [0.2, 0.25) is 0 Å². The van der Waals surface area contributed by atoms with Crippen LogP contribution in [0.1, 0.15) is 5.56 Å². The first-order chi connectivity index (χ1) is 18.1. The molecule has 0 aliphatic carbocycles. The summed E-state index contributed by atoms with van der Waals surface area (Å²) >= 11 is 0. The Balaban J connectivity index is 1.75. The van der Waals surface area contributed by atoms with E-state index in [0.29, 0.717) is 92.4 Å². The van der Waals surface area contributed by atoms with Crippen LogP contribution in [0.5, 0.6) is 0 Å². The minimum atomic E-state index is -3.77. The predicted molar refractivity (Wildman–Crippen MR) is 134 cm³/mol. The molecule has 0 aromatic heterocycles. The minimum absolute atomic E-state index is 0.0597. The number of aryl methyl sites for hydroxylation is 1. The van der Waals surface area contributed by atoms with Gasteiger partial charge in [0.05, 0.1) is 104 Å². The summed E-state index contributed by atoms with van der Waals surface area (Å²) < 4.78 is 66.4. The third-order valence-corrected chi connectivity index (χ3v) is 5.73. The van der Waals surface area contributed by atoms with Gasteiger partial charge in [-0.25, -0.2) is 0 Å². The fraction of sp³-hybridized carbons (Fsp3) is 0.739. The zero-order valence-corrected chi connectivity index (χ0v) is 22.3. The van der Waals surface area contributed by atoms with Gasteiger partial charge in [-0.15, -0.1) is 0 Å². The molecule has 0 atom stereocenters. The van der Waals surface area contributed by atoms with E-state index in [2.05, 4.69) is 10.0 Å². The number of hydrogen-bond acceptors (Lipinski definition) is 11. The highest BCUT2D eigenvalue weighted by molar-refractivity contribution is 7.86. The average molecular weight is 550 g/mol. The van der Waals surface area contributed by atoms with Crippen LogP contribution in [-0.4, -0.2) is 114 Å². The van der Waals surface area contributed by atoms with Crippen LogP contribution in [0.25, 0.3) is 10.4 Å². The lowest BCUT2D eigenvalue weighted by Crippen LogP contribution is -2.15. The van der Waals surface area contributed by atoms with E-state index in [1.165, 1.54) is 12.1 Å². The largest absolute Gasteiger partial charge is 0.379 e. The Labute approximate surface area is 219 Å². The van der Waals surface area contributed by atoms with Crippen LogP contribution in [0.2, 0.25) is 0 Å². The van der Waals surface area contributed by atoms with Gasteiger partial charge in [0.25, 0.3) is 10.1 Å². The Morgan fingerprint density at radius 2 is 0.973 bits per heavy atom. The molecule has 0 spiro atoms. The van der Waals surface area contributed by atoms with E-state index in [4.69, 9.17) is 42.9 Å². The van der Waals surface area contributed by atoms with Crippen LogP contribution in [0, 0.1) is 6.92 Å². The molecular weight excluding hydrogens is 510 g/mol. The number of nitrogens with zero attached hydrogens (tertiary/aromatic N) is 3. The van der Waals surface area contributed by atoms with Gasteiger partial charge >= 0.3 is 0 Å². The number of benzene rings is 1. The first kappa shape index (κ1) is 33.2. The zero-order valence-electron chi connectivity index (χ0n) is 21.5. The minimum Gasteiger partial charge on any atom is -0.379 e. The monoisotopic (exact) mass is 549 g/mol. The second-order valence-electron chi connectivity index (χ2n) is 7.33. The average Bonchev–Trinajstić information content (AvgIpc) is 2.89. The van der Waals surface area contributed by atoms with Crippen LogP contribution in [0.3, 0.4) is 0 Å². The van der Waals surface area contributed by atoms with E-state index in [0.717, 1.165) is 5.56 Å². The highest BCUT2D eigenvalue weighted by Gasteiger charge is 2.14. The molecule has 1 aromatic rings. The molecule has 37 heavy (non-hydrogen) atoms. The van der Waals surface area contributed by atoms with Crippen molar-refractivity contribution in [2.24, 2.45) is 5.11 Å². The second kappa shape index (κ2) is 23.3. The van der Waals surface area contributed by atoms with Gasteiger partial charge in [0, 0.05) is 11.5 Å². The van der Waals surface area contributed by atoms with Gasteiger partial charge in [-0.2, -0.15) is 8.42 Å². The summed E-state index contributed by atoms with van der Waals surface area (Å²) in [5.74, 6) is 0. The summed E-state index contributed by atoms with van der Waals surface area (Å²) in [6.07, 6.45) is 0. The topological polar surface area (TPSA) is 157 Å². The van der Waals surface area contributed by atoms with Gasteiger partial charge < -0.3 is 33.2 Å². The molecule has 14 heteroatoms. The Hall–Kier alpha value is -1.84. The maximum absolute atomic E-state index is 12.0. The van der Waals surface area contributed by atoms with Crippen molar-refractivity contribution in [3.05, 3.63) is 40.3 Å². The number of ether oxygens (including phenoxy) is 7. The van der Waals surface area contributed by atoms with E-state index in [-0.39, 0.29) is 18.1 Å². The molecule has 0 N–H and O–H groups in total. The summed E-state index contributed by atoms with van der Waals surface area (Å²) in [5.41, 5.74) is 9.09. The van der Waals surface area contributed by atoms with Crippen molar-refractivity contribution < 1.29 is 45.8 Å². The fourth-order valence-corrected chi connectivity index (χ4v) is 3.44. The standard InChI is InChI=1S/C23H39N3O10S/c1-22-2-4-23(5-3-22)37(27,28)36-21-20-35-19-18-34-17-16-33-15-14-32-13-12-31-11-10-30-9-8-29-7-6-25-26-24/h2-5H,6-21H2,1H3. The highest BCUT2D eigenvalue weighted by atomic mass is 32.2. The van der Waals surface area contributed by atoms with Crippen molar-refractivity contribution in [2.45, 2.75) is 11.8 Å². The van der Waals surface area contributed by atoms with Crippen molar-refractivity contribution in [2.75, 3.05) is 106 Å². The summed E-state index contributed by atoms with van der Waals surface area (Å²) in [6, 6.07) is 6.46. The number of hydrogen-bond donors (Lipinski definition) is 0. The Kier molecular flexibility index (Phi) is 20.9. The summed E-state index contributed by atoms with van der Waals surface area (Å²) in [7, 11) is -3.77. The number of rotatable bonds is 26. The molecule has 0 radical (unpaired) electrons. The van der Waals surface area contributed by atoms with Crippen LogP contribution < -0.4 is 0 Å². The summed E-state index contributed by atoms with van der Waals surface area (Å²) in [5, 5.41) is 3.36.